The van der Waals surface area contributed by atoms with Gasteiger partial charge in [-0.3, -0.25) is 4.79 Å². The van der Waals surface area contributed by atoms with E-state index < -0.39 is 12.0 Å². The fraction of sp³-hybridized carbons (Fsp3) is 0.385. The smallest absolute Gasteiger partial charge is 0.326 e. The molecule has 0 radical (unpaired) electrons. The summed E-state index contributed by atoms with van der Waals surface area (Å²) in [6, 6.07) is 2.94. The second-order valence-electron chi connectivity index (χ2n) is 4.06. The van der Waals surface area contributed by atoms with Gasteiger partial charge in [-0.05, 0) is 23.4 Å². The summed E-state index contributed by atoms with van der Waals surface area (Å²) in [7, 11) is 0. The normalized spacial score (nSPS) is 14.3. The van der Waals surface area contributed by atoms with E-state index in [1.54, 1.807) is 6.08 Å². The van der Waals surface area contributed by atoms with Crippen LogP contribution in [0.2, 0.25) is 0 Å². The largest absolute Gasteiger partial charge is 0.480 e. The first-order valence-corrected chi connectivity index (χ1v) is 6.67. The maximum Gasteiger partial charge on any atom is 0.326 e. The van der Waals surface area contributed by atoms with Gasteiger partial charge in [0.25, 0.3) is 0 Å². The van der Waals surface area contributed by atoms with Crippen LogP contribution in [0, 0.1) is 5.92 Å². The second kappa shape index (κ2) is 6.96. The minimum absolute atomic E-state index is 0.0958. The van der Waals surface area contributed by atoms with Gasteiger partial charge < -0.3 is 10.4 Å². The van der Waals surface area contributed by atoms with Crippen LogP contribution in [0.3, 0.4) is 0 Å². The van der Waals surface area contributed by atoms with Gasteiger partial charge in [0.1, 0.15) is 6.04 Å². The zero-order valence-electron chi connectivity index (χ0n) is 10.4. The van der Waals surface area contributed by atoms with E-state index in [1.165, 1.54) is 17.4 Å². The molecule has 0 saturated heterocycles. The number of nitrogens with one attached hydrogen (secondary N) is 1. The van der Waals surface area contributed by atoms with Crippen molar-refractivity contribution >= 4 is 29.3 Å². The molecule has 1 heterocycles. The van der Waals surface area contributed by atoms with Gasteiger partial charge in [-0.15, -0.1) is 11.3 Å². The molecule has 0 fully saturated rings. The average Bonchev–Trinajstić information content (AvgIpc) is 2.85. The number of rotatable bonds is 6. The van der Waals surface area contributed by atoms with Gasteiger partial charge in [-0.25, -0.2) is 4.79 Å². The quantitative estimate of drug-likeness (QED) is 0.778. The first-order valence-electron chi connectivity index (χ1n) is 5.79. The van der Waals surface area contributed by atoms with Crippen LogP contribution in [-0.2, 0) is 9.59 Å². The van der Waals surface area contributed by atoms with Crippen molar-refractivity contribution in [2.24, 2.45) is 5.92 Å². The van der Waals surface area contributed by atoms with Crippen molar-refractivity contribution in [3.8, 4) is 0 Å². The van der Waals surface area contributed by atoms with E-state index in [1.807, 2.05) is 31.4 Å². The molecule has 98 valence electrons. The van der Waals surface area contributed by atoms with Gasteiger partial charge >= 0.3 is 5.97 Å². The number of hydrogen-bond acceptors (Lipinski definition) is 3. The van der Waals surface area contributed by atoms with E-state index in [4.69, 9.17) is 5.11 Å². The fourth-order valence-electron chi connectivity index (χ4n) is 1.43. The average molecular weight is 267 g/mol. The summed E-state index contributed by atoms with van der Waals surface area (Å²) in [5.74, 6) is -1.47. The Morgan fingerprint density at radius 1 is 1.56 bits per heavy atom. The number of carboxylic acid groups (broad SMARTS) is 1. The molecule has 0 aliphatic heterocycles. The lowest BCUT2D eigenvalue weighted by molar-refractivity contribution is -0.142. The summed E-state index contributed by atoms with van der Waals surface area (Å²) in [5.41, 5.74) is 0. The number of carbonyl (C=O) groups is 2. The number of carbonyl (C=O) groups excluding carboxylic acids is 1. The SMILES string of the molecule is CCC(C)[C@H](NC(=O)/C=C/c1cccs1)C(=O)O. The Morgan fingerprint density at radius 3 is 2.78 bits per heavy atom. The van der Waals surface area contributed by atoms with Gasteiger partial charge in [0, 0.05) is 11.0 Å². The third-order valence-corrected chi connectivity index (χ3v) is 3.56. The Kier molecular flexibility index (Phi) is 5.58. The molecular formula is C13H17NO3S. The van der Waals surface area contributed by atoms with E-state index in [2.05, 4.69) is 5.32 Å². The van der Waals surface area contributed by atoms with Crippen molar-refractivity contribution < 1.29 is 14.7 Å². The summed E-state index contributed by atoms with van der Waals surface area (Å²) < 4.78 is 0. The summed E-state index contributed by atoms with van der Waals surface area (Å²) >= 11 is 1.52. The Balaban J connectivity index is 2.59. The molecule has 5 heteroatoms. The number of hydrogen-bond donors (Lipinski definition) is 2. The molecule has 1 aromatic heterocycles. The Morgan fingerprint density at radius 2 is 2.28 bits per heavy atom. The van der Waals surface area contributed by atoms with Crippen molar-refractivity contribution in [3.05, 3.63) is 28.5 Å². The second-order valence-corrected chi connectivity index (χ2v) is 5.04. The van der Waals surface area contributed by atoms with Crippen molar-refractivity contribution in [1.82, 2.24) is 5.32 Å². The number of aliphatic carboxylic acids is 1. The Labute approximate surface area is 110 Å². The predicted octanol–water partition coefficient (Wildman–Crippen LogP) is 2.38. The van der Waals surface area contributed by atoms with E-state index in [0.29, 0.717) is 6.42 Å². The van der Waals surface area contributed by atoms with Gasteiger partial charge in [-0.1, -0.05) is 26.3 Å². The zero-order chi connectivity index (χ0) is 13.5. The molecular weight excluding hydrogens is 250 g/mol. The lowest BCUT2D eigenvalue weighted by Gasteiger charge is -2.19. The molecule has 1 unspecified atom stereocenters. The third kappa shape index (κ3) is 4.33. The molecule has 0 bridgehead atoms. The molecule has 2 N–H and O–H groups in total. The minimum Gasteiger partial charge on any atom is -0.480 e. The third-order valence-electron chi connectivity index (χ3n) is 2.72. The predicted molar refractivity (Wildman–Crippen MR) is 72.4 cm³/mol. The number of amides is 1. The first-order chi connectivity index (χ1) is 8.54. The van der Waals surface area contributed by atoms with Crippen LogP contribution in [0.1, 0.15) is 25.1 Å². The number of carboxylic acids is 1. The highest BCUT2D eigenvalue weighted by atomic mass is 32.1. The highest BCUT2D eigenvalue weighted by molar-refractivity contribution is 7.10. The Hall–Kier alpha value is -1.62. The molecule has 0 aliphatic carbocycles. The molecule has 18 heavy (non-hydrogen) atoms. The van der Waals surface area contributed by atoms with Crippen LogP contribution in [0.4, 0.5) is 0 Å². The summed E-state index contributed by atoms with van der Waals surface area (Å²) in [4.78, 5) is 23.6. The van der Waals surface area contributed by atoms with Crippen LogP contribution in [-0.4, -0.2) is 23.0 Å². The van der Waals surface area contributed by atoms with Crippen LogP contribution in [0.25, 0.3) is 6.08 Å². The van der Waals surface area contributed by atoms with Crippen LogP contribution < -0.4 is 5.32 Å². The van der Waals surface area contributed by atoms with Crippen molar-refractivity contribution in [3.63, 3.8) is 0 Å². The van der Waals surface area contributed by atoms with Gasteiger partial charge in [0.05, 0.1) is 0 Å². The lowest BCUT2D eigenvalue weighted by atomic mass is 9.99. The first kappa shape index (κ1) is 14.4. The van der Waals surface area contributed by atoms with Crippen molar-refractivity contribution in [2.75, 3.05) is 0 Å². The van der Waals surface area contributed by atoms with Crippen LogP contribution in [0.5, 0.6) is 0 Å². The van der Waals surface area contributed by atoms with E-state index in [-0.39, 0.29) is 11.8 Å². The standard InChI is InChI=1S/C13H17NO3S/c1-3-9(2)12(13(16)17)14-11(15)7-6-10-5-4-8-18-10/h4-9,12H,3H2,1-2H3,(H,14,15)(H,16,17)/b7-6+/t9?,12-/m0/s1. The fourth-order valence-corrected chi connectivity index (χ4v) is 2.05. The summed E-state index contributed by atoms with van der Waals surface area (Å²) in [6.07, 6.45) is 3.74. The Bertz CT molecular complexity index is 425. The monoisotopic (exact) mass is 267 g/mol. The molecule has 4 nitrogen and oxygen atoms in total. The molecule has 1 amide bonds. The lowest BCUT2D eigenvalue weighted by Crippen LogP contribution is -2.44. The molecule has 2 atom stereocenters. The van der Waals surface area contributed by atoms with E-state index >= 15 is 0 Å². The van der Waals surface area contributed by atoms with Crippen molar-refractivity contribution in [2.45, 2.75) is 26.3 Å². The highest BCUT2D eigenvalue weighted by Gasteiger charge is 2.24. The van der Waals surface area contributed by atoms with Crippen LogP contribution >= 0.6 is 11.3 Å². The minimum atomic E-state index is -0.998. The number of thiophene rings is 1. The maximum absolute atomic E-state index is 11.6. The molecule has 1 rings (SSSR count). The zero-order valence-corrected chi connectivity index (χ0v) is 11.2. The van der Waals surface area contributed by atoms with Gasteiger partial charge in [0.15, 0.2) is 0 Å². The van der Waals surface area contributed by atoms with Gasteiger partial charge in [0.2, 0.25) is 5.91 Å². The highest BCUT2D eigenvalue weighted by Crippen LogP contribution is 2.11. The molecule has 0 saturated carbocycles. The summed E-state index contributed by atoms with van der Waals surface area (Å²) in [5, 5.41) is 13.5. The van der Waals surface area contributed by atoms with Crippen molar-refractivity contribution in [1.29, 1.82) is 0 Å². The molecule has 0 aliphatic rings. The maximum atomic E-state index is 11.6. The van der Waals surface area contributed by atoms with E-state index in [9.17, 15) is 9.59 Å². The topological polar surface area (TPSA) is 66.4 Å². The summed E-state index contributed by atoms with van der Waals surface area (Å²) in [6.45, 7) is 3.70. The molecule has 0 aromatic carbocycles. The van der Waals surface area contributed by atoms with E-state index in [0.717, 1.165) is 4.88 Å². The van der Waals surface area contributed by atoms with Gasteiger partial charge in [-0.2, -0.15) is 0 Å². The van der Waals surface area contributed by atoms with Crippen LogP contribution in [0.15, 0.2) is 23.6 Å². The molecule has 0 spiro atoms. The molecule has 1 aromatic rings.